The van der Waals surface area contributed by atoms with Gasteiger partial charge in [0, 0.05) is 23.4 Å². The van der Waals surface area contributed by atoms with Crippen molar-refractivity contribution in [3.8, 4) is 0 Å². The van der Waals surface area contributed by atoms with Gasteiger partial charge in [0.1, 0.15) is 11.6 Å². The highest BCUT2D eigenvalue weighted by Crippen LogP contribution is 2.12. The Morgan fingerprint density at radius 1 is 1.11 bits per heavy atom. The van der Waals surface area contributed by atoms with Gasteiger partial charge in [-0.1, -0.05) is 12.1 Å². The molecule has 0 saturated heterocycles. The Labute approximate surface area is 109 Å². The van der Waals surface area contributed by atoms with Crippen LogP contribution in [-0.4, -0.2) is 5.91 Å². The molecular formula is C14H12F2N2O. The number of rotatable bonds is 3. The second kappa shape index (κ2) is 5.48. The highest BCUT2D eigenvalue weighted by Gasteiger charge is 2.11. The molecule has 0 saturated carbocycles. The number of amides is 1. The molecule has 0 unspecified atom stereocenters. The Kier molecular flexibility index (Phi) is 3.75. The highest BCUT2D eigenvalue weighted by atomic mass is 19.1. The highest BCUT2D eigenvalue weighted by molar-refractivity contribution is 5.94. The second-order valence-corrected chi connectivity index (χ2v) is 4.01. The number of hydrogen-bond donors (Lipinski definition) is 2. The Hall–Kier alpha value is -2.43. The minimum absolute atomic E-state index is 0.167. The van der Waals surface area contributed by atoms with Crippen molar-refractivity contribution in [1.29, 1.82) is 0 Å². The number of hydrogen-bond acceptors (Lipinski definition) is 2. The molecule has 0 heterocycles. The first-order valence-corrected chi connectivity index (χ1v) is 5.64. The van der Waals surface area contributed by atoms with Crippen LogP contribution in [0.25, 0.3) is 0 Å². The summed E-state index contributed by atoms with van der Waals surface area (Å²) >= 11 is 0. The topological polar surface area (TPSA) is 55.1 Å². The molecule has 0 bridgehead atoms. The summed E-state index contributed by atoms with van der Waals surface area (Å²) in [4.78, 5) is 11.8. The van der Waals surface area contributed by atoms with E-state index in [9.17, 15) is 13.6 Å². The molecule has 3 N–H and O–H groups in total. The van der Waals surface area contributed by atoms with Crippen molar-refractivity contribution in [2.45, 2.75) is 6.54 Å². The summed E-state index contributed by atoms with van der Waals surface area (Å²) in [5.74, 6) is -1.81. The van der Waals surface area contributed by atoms with E-state index in [1.54, 1.807) is 18.2 Å². The second-order valence-electron chi connectivity index (χ2n) is 4.01. The van der Waals surface area contributed by atoms with Crippen LogP contribution in [0.3, 0.4) is 0 Å². The standard InChI is InChI=1S/C14H12F2N2O/c15-12-5-2-6-13(16)11(12)8-18-14(19)9-3-1-4-10(17)7-9/h1-7H,8,17H2,(H,18,19). The van der Waals surface area contributed by atoms with Crippen molar-refractivity contribution < 1.29 is 13.6 Å². The Morgan fingerprint density at radius 2 is 1.74 bits per heavy atom. The zero-order valence-electron chi connectivity index (χ0n) is 9.99. The van der Waals surface area contributed by atoms with Gasteiger partial charge in [0.05, 0.1) is 0 Å². The minimum atomic E-state index is -0.687. The van der Waals surface area contributed by atoms with Crippen LogP contribution < -0.4 is 11.1 Å². The van der Waals surface area contributed by atoms with Gasteiger partial charge in [0.25, 0.3) is 5.91 Å². The minimum Gasteiger partial charge on any atom is -0.399 e. The molecule has 0 aliphatic carbocycles. The van der Waals surface area contributed by atoms with Crippen LogP contribution in [0, 0.1) is 11.6 Å². The van der Waals surface area contributed by atoms with E-state index >= 15 is 0 Å². The van der Waals surface area contributed by atoms with Gasteiger partial charge in [0.2, 0.25) is 0 Å². The van der Waals surface area contributed by atoms with E-state index in [1.165, 1.54) is 12.1 Å². The van der Waals surface area contributed by atoms with Gasteiger partial charge >= 0.3 is 0 Å². The van der Waals surface area contributed by atoms with Gasteiger partial charge in [-0.2, -0.15) is 0 Å². The summed E-state index contributed by atoms with van der Waals surface area (Å²) in [6, 6.07) is 9.90. The molecule has 3 nitrogen and oxygen atoms in total. The molecule has 19 heavy (non-hydrogen) atoms. The zero-order valence-corrected chi connectivity index (χ0v) is 9.99. The number of nitrogens with two attached hydrogens (primary N) is 1. The molecule has 0 aromatic heterocycles. The average molecular weight is 262 g/mol. The van der Waals surface area contributed by atoms with Gasteiger partial charge < -0.3 is 11.1 Å². The largest absolute Gasteiger partial charge is 0.399 e. The first-order chi connectivity index (χ1) is 9.08. The smallest absolute Gasteiger partial charge is 0.251 e. The number of carbonyl (C=O) groups excluding carboxylic acids is 1. The number of nitrogens with one attached hydrogen (secondary N) is 1. The van der Waals surface area contributed by atoms with Gasteiger partial charge in [0.15, 0.2) is 0 Å². The average Bonchev–Trinajstić information content (AvgIpc) is 2.38. The molecule has 0 atom stereocenters. The first-order valence-electron chi connectivity index (χ1n) is 5.64. The zero-order chi connectivity index (χ0) is 13.8. The Bertz CT molecular complexity index is 594. The molecule has 5 heteroatoms. The number of benzene rings is 2. The SMILES string of the molecule is Nc1cccc(C(=O)NCc2c(F)cccc2F)c1. The lowest BCUT2D eigenvalue weighted by Gasteiger charge is -2.07. The van der Waals surface area contributed by atoms with E-state index in [0.29, 0.717) is 11.3 Å². The number of anilines is 1. The van der Waals surface area contributed by atoms with Gasteiger partial charge in [-0.05, 0) is 30.3 Å². The Morgan fingerprint density at radius 3 is 2.37 bits per heavy atom. The molecule has 2 aromatic carbocycles. The van der Waals surface area contributed by atoms with E-state index in [2.05, 4.69) is 5.32 Å². The molecule has 1 amide bonds. The summed E-state index contributed by atoms with van der Waals surface area (Å²) in [5.41, 5.74) is 6.18. The molecular weight excluding hydrogens is 250 g/mol. The van der Waals surface area contributed by atoms with Crippen molar-refractivity contribution in [2.24, 2.45) is 0 Å². The summed E-state index contributed by atoms with van der Waals surface area (Å²) in [7, 11) is 0. The van der Waals surface area contributed by atoms with E-state index < -0.39 is 17.5 Å². The molecule has 2 aromatic rings. The summed E-state index contributed by atoms with van der Waals surface area (Å²) in [6.45, 7) is -0.216. The third kappa shape index (κ3) is 3.07. The van der Waals surface area contributed by atoms with Crippen molar-refractivity contribution in [1.82, 2.24) is 5.32 Å². The molecule has 0 aliphatic heterocycles. The molecule has 0 fully saturated rings. The van der Waals surface area contributed by atoms with Crippen molar-refractivity contribution in [3.63, 3.8) is 0 Å². The quantitative estimate of drug-likeness (QED) is 0.835. The molecule has 0 spiro atoms. The van der Waals surface area contributed by atoms with E-state index in [1.807, 2.05) is 0 Å². The van der Waals surface area contributed by atoms with Crippen LogP contribution in [0.5, 0.6) is 0 Å². The third-order valence-corrected chi connectivity index (χ3v) is 2.64. The molecule has 98 valence electrons. The van der Waals surface area contributed by atoms with Gasteiger partial charge in [-0.25, -0.2) is 8.78 Å². The van der Waals surface area contributed by atoms with Crippen molar-refractivity contribution in [2.75, 3.05) is 5.73 Å². The lowest BCUT2D eigenvalue weighted by atomic mass is 10.1. The fourth-order valence-corrected chi connectivity index (χ4v) is 1.65. The third-order valence-electron chi connectivity index (χ3n) is 2.64. The van der Waals surface area contributed by atoms with Gasteiger partial charge in [-0.3, -0.25) is 4.79 Å². The van der Waals surface area contributed by atoms with E-state index in [4.69, 9.17) is 5.73 Å². The van der Waals surface area contributed by atoms with Crippen molar-refractivity contribution in [3.05, 3.63) is 65.2 Å². The molecule has 0 radical (unpaired) electrons. The maximum atomic E-state index is 13.4. The summed E-state index contributed by atoms with van der Waals surface area (Å²) in [6.07, 6.45) is 0. The van der Waals surface area contributed by atoms with Crippen LogP contribution in [0.2, 0.25) is 0 Å². The molecule has 0 aliphatic rings. The van der Waals surface area contributed by atoms with Crippen molar-refractivity contribution >= 4 is 11.6 Å². The first kappa shape index (κ1) is 13.0. The normalized spacial score (nSPS) is 10.2. The van der Waals surface area contributed by atoms with Crippen LogP contribution in [-0.2, 0) is 6.54 Å². The van der Waals surface area contributed by atoms with Crippen LogP contribution in [0.15, 0.2) is 42.5 Å². The predicted molar refractivity (Wildman–Crippen MR) is 68.4 cm³/mol. The fourth-order valence-electron chi connectivity index (χ4n) is 1.65. The van der Waals surface area contributed by atoms with Crippen LogP contribution in [0.1, 0.15) is 15.9 Å². The summed E-state index contributed by atoms with van der Waals surface area (Å²) in [5, 5.41) is 2.45. The maximum absolute atomic E-state index is 13.4. The maximum Gasteiger partial charge on any atom is 0.251 e. The monoisotopic (exact) mass is 262 g/mol. The lowest BCUT2D eigenvalue weighted by Crippen LogP contribution is -2.24. The fraction of sp³-hybridized carbons (Fsp3) is 0.0714. The number of halogens is 2. The van der Waals surface area contributed by atoms with Gasteiger partial charge in [-0.15, -0.1) is 0 Å². The van der Waals surface area contributed by atoms with E-state index in [0.717, 1.165) is 12.1 Å². The molecule has 2 rings (SSSR count). The Balaban J connectivity index is 2.09. The number of nitrogen functional groups attached to an aromatic ring is 1. The van der Waals surface area contributed by atoms with Crippen LogP contribution in [0.4, 0.5) is 14.5 Å². The van der Waals surface area contributed by atoms with Crippen LogP contribution >= 0.6 is 0 Å². The van der Waals surface area contributed by atoms with E-state index in [-0.39, 0.29) is 12.1 Å². The number of carbonyl (C=O) groups is 1. The summed E-state index contributed by atoms with van der Waals surface area (Å²) < 4.78 is 26.7. The lowest BCUT2D eigenvalue weighted by molar-refractivity contribution is 0.0950. The predicted octanol–water partition coefficient (Wildman–Crippen LogP) is 2.48.